The molecule has 0 fully saturated rings. The van der Waals surface area contributed by atoms with E-state index in [0.29, 0.717) is 5.56 Å². The Hall–Kier alpha value is -1.13. The van der Waals surface area contributed by atoms with E-state index in [2.05, 4.69) is 0 Å². The van der Waals surface area contributed by atoms with Crippen LogP contribution in [-0.2, 0) is 0 Å². The zero-order valence-corrected chi connectivity index (χ0v) is 7.37. The first-order chi connectivity index (χ1) is 6.02. The number of halogens is 1. The molecular formula is C9H13FN2O. The van der Waals surface area contributed by atoms with Crippen molar-refractivity contribution < 1.29 is 9.50 Å². The number of nitrogens with two attached hydrogens (primary N) is 2. The molecule has 0 radical (unpaired) electrons. The molecule has 0 aromatic heterocycles. The van der Waals surface area contributed by atoms with E-state index >= 15 is 0 Å². The zero-order valence-electron chi connectivity index (χ0n) is 7.37. The first-order valence-electron chi connectivity index (χ1n) is 4.01. The van der Waals surface area contributed by atoms with Crippen LogP contribution >= 0.6 is 0 Å². The van der Waals surface area contributed by atoms with Gasteiger partial charge in [0, 0.05) is 0 Å². The van der Waals surface area contributed by atoms with Crippen molar-refractivity contribution in [2.75, 3.05) is 5.73 Å². The van der Waals surface area contributed by atoms with Crippen molar-refractivity contribution in [1.29, 1.82) is 0 Å². The molecule has 0 amide bonds. The lowest BCUT2D eigenvalue weighted by Gasteiger charge is -2.15. The summed E-state index contributed by atoms with van der Waals surface area (Å²) in [6.07, 6.45) is -0.706. The largest absolute Gasteiger partial charge is 0.396 e. The van der Waals surface area contributed by atoms with Crippen molar-refractivity contribution in [3.63, 3.8) is 0 Å². The third kappa shape index (κ3) is 2.17. The molecule has 2 atom stereocenters. The second-order valence-corrected chi connectivity index (χ2v) is 3.05. The van der Waals surface area contributed by atoms with Crippen LogP contribution in [0.2, 0.25) is 0 Å². The second kappa shape index (κ2) is 3.72. The summed E-state index contributed by atoms with van der Waals surface area (Å²) < 4.78 is 12.9. The van der Waals surface area contributed by atoms with Crippen molar-refractivity contribution in [3.05, 3.63) is 29.6 Å². The fourth-order valence-corrected chi connectivity index (χ4v) is 1.03. The van der Waals surface area contributed by atoms with Crippen LogP contribution in [-0.4, -0.2) is 11.2 Å². The Morgan fingerprint density at radius 2 is 2.08 bits per heavy atom. The molecule has 0 unspecified atom stereocenters. The highest BCUT2D eigenvalue weighted by Gasteiger charge is 2.12. The predicted molar refractivity (Wildman–Crippen MR) is 49.4 cm³/mol. The smallest absolute Gasteiger partial charge is 0.146 e. The van der Waals surface area contributed by atoms with Crippen LogP contribution in [0.1, 0.15) is 18.5 Å². The molecule has 3 nitrogen and oxygen atoms in total. The van der Waals surface area contributed by atoms with Gasteiger partial charge in [-0.2, -0.15) is 0 Å². The molecule has 0 bridgehead atoms. The van der Waals surface area contributed by atoms with Gasteiger partial charge in [-0.05, 0) is 24.6 Å². The van der Waals surface area contributed by atoms with Gasteiger partial charge in [0.25, 0.3) is 0 Å². The third-order valence-corrected chi connectivity index (χ3v) is 1.93. The van der Waals surface area contributed by atoms with Gasteiger partial charge in [0.15, 0.2) is 0 Å². The molecule has 0 aliphatic carbocycles. The lowest BCUT2D eigenvalue weighted by atomic mass is 10.0. The Morgan fingerprint density at radius 1 is 1.46 bits per heavy atom. The number of aliphatic hydroxyl groups is 1. The Labute approximate surface area is 76.2 Å². The fraction of sp³-hybridized carbons (Fsp3) is 0.333. The minimum Gasteiger partial charge on any atom is -0.396 e. The molecule has 4 heteroatoms. The van der Waals surface area contributed by atoms with Crippen LogP contribution in [0.15, 0.2) is 18.2 Å². The minimum atomic E-state index is -0.706. The first kappa shape index (κ1) is 9.95. The lowest BCUT2D eigenvalue weighted by molar-refractivity contribution is 0.164. The Kier molecular flexibility index (Phi) is 2.85. The molecule has 0 spiro atoms. The van der Waals surface area contributed by atoms with Gasteiger partial charge < -0.3 is 16.6 Å². The summed E-state index contributed by atoms with van der Waals surface area (Å²) in [6.45, 7) is 1.55. The topological polar surface area (TPSA) is 72.3 Å². The van der Waals surface area contributed by atoms with Crippen LogP contribution in [0.5, 0.6) is 0 Å². The van der Waals surface area contributed by atoms with Crippen molar-refractivity contribution in [1.82, 2.24) is 0 Å². The molecule has 1 rings (SSSR count). The van der Waals surface area contributed by atoms with E-state index in [0.717, 1.165) is 0 Å². The quantitative estimate of drug-likeness (QED) is 0.595. The summed E-state index contributed by atoms with van der Waals surface area (Å²) in [5, 5.41) is 9.16. The Bertz CT molecular complexity index is 302. The van der Waals surface area contributed by atoms with Gasteiger partial charge in [-0.1, -0.05) is 6.07 Å². The molecule has 1 aromatic rings. The van der Waals surface area contributed by atoms with Crippen LogP contribution in [0.4, 0.5) is 10.1 Å². The molecule has 5 N–H and O–H groups in total. The maximum absolute atomic E-state index is 12.9. The van der Waals surface area contributed by atoms with E-state index in [1.54, 1.807) is 13.0 Å². The number of benzene rings is 1. The Morgan fingerprint density at radius 3 is 2.54 bits per heavy atom. The standard InChI is InChI=1S/C9H13FN2O/c1-5(13)9(12)6-2-3-8(11)7(10)4-6/h2-5,9,13H,11-12H2,1H3/t5-,9+/m1/s1. The van der Waals surface area contributed by atoms with Gasteiger partial charge >= 0.3 is 0 Å². The van der Waals surface area contributed by atoms with Gasteiger partial charge in [0.05, 0.1) is 17.8 Å². The van der Waals surface area contributed by atoms with E-state index in [4.69, 9.17) is 16.6 Å². The van der Waals surface area contributed by atoms with Crippen LogP contribution in [0.25, 0.3) is 0 Å². The van der Waals surface area contributed by atoms with Crippen molar-refractivity contribution in [2.24, 2.45) is 5.73 Å². The number of anilines is 1. The molecular weight excluding hydrogens is 171 g/mol. The van der Waals surface area contributed by atoms with Crippen molar-refractivity contribution in [2.45, 2.75) is 19.1 Å². The van der Waals surface area contributed by atoms with E-state index in [1.165, 1.54) is 12.1 Å². The number of nitrogen functional groups attached to an aromatic ring is 1. The number of rotatable bonds is 2. The summed E-state index contributed by atoms with van der Waals surface area (Å²) in [6, 6.07) is 3.71. The summed E-state index contributed by atoms with van der Waals surface area (Å²) in [5.74, 6) is -0.506. The maximum atomic E-state index is 12.9. The highest BCUT2D eigenvalue weighted by molar-refractivity contribution is 5.42. The maximum Gasteiger partial charge on any atom is 0.146 e. The van der Waals surface area contributed by atoms with Gasteiger partial charge in [-0.25, -0.2) is 4.39 Å². The van der Waals surface area contributed by atoms with Crippen LogP contribution in [0, 0.1) is 5.82 Å². The number of hydrogen-bond donors (Lipinski definition) is 3. The lowest BCUT2D eigenvalue weighted by Crippen LogP contribution is -2.23. The normalized spacial score (nSPS) is 15.4. The predicted octanol–water partition coefficient (Wildman–Crippen LogP) is 0.789. The summed E-state index contributed by atoms with van der Waals surface area (Å²) in [4.78, 5) is 0. The van der Waals surface area contributed by atoms with Gasteiger partial charge in [0.1, 0.15) is 5.82 Å². The number of hydrogen-bond acceptors (Lipinski definition) is 3. The average molecular weight is 184 g/mol. The van der Waals surface area contributed by atoms with E-state index < -0.39 is 18.0 Å². The molecule has 13 heavy (non-hydrogen) atoms. The average Bonchev–Trinajstić information content (AvgIpc) is 2.08. The Balaban J connectivity index is 2.97. The third-order valence-electron chi connectivity index (χ3n) is 1.93. The fourth-order valence-electron chi connectivity index (χ4n) is 1.03. The summed E-state index contributed by atoms with van der Waals surface area (Å²) in [7, 11) is 0. The zero-order chi connectivity index (χ0) is 10.0. The van der Waals surface area contributed by atoms with E-state index in [1.807, 2.05) is 0 Å². The van der Waals surface area contributed by atoms with E-state index in [-0.39, 0.29) is 5.69 Å². The first-order valence-corrected chi connectivity index (χ1v) is 4.01. The van der Waals surface area contributed by atoms with Crippen molar-refractivity contribution >= 4 is 5.69 Å². The van der Waals surface area contributed by atoms with Gasteiger partial charge in [-0.15, -0.1) is 0 Å². The molecule has 0 aliphatic rings. The second-order valence-electron chi connectivity index (χ2n) is 3.05. The highest BCUT2D eigenvalue weighted by atomic mass is 19.1. The molecule has 0 saturated heterocycles. The summed E-state index contributed by atoms with van der Waals surface area (Å²) in [5.41, 5.74) is 11.5. The van der Waals surface area contributed by atoms with Crippen molar-refractivity contribution in [3.8, 4) is 0 Å². The molecule has 0 heterocycles. The minimum absolute atomic E-state index is 0.0848. The van der Waals surface area contributed by atoms with Crippen LogP contribution in [0.3, 0.4) is 0 Å². The summed E-state index contributed by atoms with van der Waals surface area (Å²) >= 11 is 0. The van der Waals surface area contributed by atoms with E-state index in [9.17, 15) is 4.39 Å². The number of aliphatic hydroxyl groups excluding tert-OH is 1. The van der Waals surface area contributed by atoms with Gasteiger partial charge in [0.2, 0.25) is 0 Å². The SMILES string of the molecule is C[C@@H](O)[C@H](N)c1ccc(N)c(F)c1. The van der Waals surface area contributed by atoms with Gasteiger partial charge in [-0.3, -0.25) is 0 Å². The molecule has 0 aliphatic heterocycles. The monoisotopic (exact) mass is 184 g/mol. The molecule has 0 saturated carbocycles. The molecule has 72 valence electrons. The highest BCUT2D eigenvalue weighted by Crippen LogP contribution is 2.18. The van der Waals surface area contributed by atoms with Crippen LogP contribution < -0.4 is 11.5 Å². The molecule has 1 aromatic carbocycles.